The predicted molar refractivity (Wildman–Crippen MR) is 80.3 cm³/mol. The van der Waals surface area contributed by atoms with Crippen molar-refractivity contribution >= 4 is 0 Å². The first kappa shape index (κ1) is 15.5. The molecule has 1 aromatic rings. The fourth-order valence-corrected chi connectivity index (χ4v) is 3.45. The molecule has 0 heterocycles. The molecule has 0 bridgehead atoms. The molecule has 1 N–H and O–H groups in total. The highest BCUT2D eigenvalue weighted by Crippen LogP contribution is 2.41. The number of rotatable bonds is 6. The van der Waals surface area contributed by atoms with Crippen molar-refractivity contribution in [2.24, 2.45) is 0 Å². The first-order valence-corrected chi connectivity index (χ1v) is 7.84. The highest BCUT2D eigenvalue weighted by molar-refractivity contribution is 5.24. The first-order valence-electron chi connectivity index (χ1n) is 7.84. The summed E-state index contributed by atoms with van der Waals surface area (Å²) in [5.74, 6) is -0.173. The molecule has 3 heteroatoms. The summed E-state index contributed by atoms with van der Waals surface area (Å²) in [6.07, 6.45) is 5.76. The minimum atomic E-state index is -0.184. The van der Waals surface area contributed by atoms with Crippen LogP contribution in [0.15, 0.2) is 24.3 Å². The fraction of sp³-hybridized carbons (Fsp3) is 0.647. The van der Waals surface area contributed by atoms with Gasteiger partial charge in [-0.25, -0.2) is 4.39 Å². The van der Waals surface area contributed by atoms with Gasteiger partial charge in [0.2, 0.25) is 0 Å². The molecule has 0 spiro atoms. The lowest BCUT2D eigenvalue weighted by Crippen LogP contribution is -2.47. The monoisotopic (exact) mass is 279 g/mol. The van der Waals surface area contributed by atoms with E-state index in [2.05, 4.69) is 12.2 Å². The fourth-order valence-electron chi connectivity index (χ4n) is 3.45. The molecule has 1 aliphatic carbocycles. The van der Waals surface area contributed by atoms with Crippen molar-refractivity contribution < 1.29 is 9.13 Å². The topological polar surface area (TPSA) is 21.3 Å². The SMILES string of the molecule is CCNC(c1cccc(F)c1)C1(OCC)CCCCC1. The second kappa shape index (κ2) is 7.19. The number of benzene rings is 1. The lowest BCUT2D eigenvalue weighted by Gasteiger charge is -2.44. The number of hydrogen-bond acceptors (Lipinski definition) is 2. The van der Waals surface area contributed by atoms with Gasteiger partial charge in [0, 0.05) is 6.61 Å². The number of ether oxygens (including phenoxy) is 1. The van der Waals surface area contributed by atoms with E-state index < -0.39 is 0 Å². The molecule has 0 saturated heterocycles. The van der Waals surface area contributed by atoms with Crippen LogP contribution in [0.3, 0.4) is 0 Å². The molecule has 0 aliphatic heterocycles. The molecular weight excluding hydrogens is 253 g/mol. The van der Waals surface area contributed by atoms with E-state index in [1.165, 1.54) is 25.3 Å². The minimum Gasteiger partial charge on any atom is -0.373 e. The van der Waals surface area contributed by atoms with Gasteiger partial charge in [-0.3, -0.25) is 0 Å². The Kier molecular flexibility index (Phi) is 5.55. The lowest BCUT2D eigenvalue weighted by atomic mass is 9.76. The summed E-state index contributed by atoms with van der Waals surface area (Å²) < 4.78 is 19.8. The molecule has 0 radical (unpaired) electrons. The van der Waals surface area contributed by atoms with Gasteiger partial charge in [-0.05, 0) is 44.0 Å². The molecule has 0 aromatic heterocycles. The summed E-state index contributed by atoms with van der Waals surface area (Å²) in [6.45, 7) is 5.70. The summed E-state index contributed by atoms with van der Waals surface area (Å²) in [4.78, 5) is 0. The smallest absolute Gasteiger partial charge is 0.123 e. The van der Waals surface area contributed by atoms with E-state index in [1.54, 1.807) is 12.1 Å². The second-order valence-electron chi connectivity index (χ2n) is 5.60. The lowest BCUT2D eigenvalue weighted by molar-refractivity contribution is -0.0910. The molecular formula is C17H26FNO. The van der Waals surface area contributed by atoms with Crippen LogP contribution in [0.5, 0.6) is 0 Å². The summed E-state index contributed by atoms with van der Waals surface area (Å²) in [6, 6.07) is 7.01. The van der Waals surface area contributed by atoms with Gasteiger partial charge in [0.05, 0.1) is 11.6 Å². The van der Waals surface area contributed by atoms with E-state index >= 15 is 0 Å². The van der Waals surface area contributed by atoms with Crippen molar-refractivity contribution in [3.8, 4) is 0 Å². The van der Waals surface area contributed by atoms with Crippen LogP contribution in [0.25, 0.3) is 0 Å². The molecule has 1 unspecified atom stereocenters. The van der Waals surface area contributed by atoms with E-state index in [0.717, 1.165) is 24.9 Å². The van der Waals surface area contributed by atoms with Crippen molar-refractivity contribution in [1.82, 2.24) is 5.32 Å². The van der Waals surface area contributed by atoms with Crippen LogP contribution < -0.4 is 5.32 Å². The normalized spacial score (nSPS) is 19.8. The third-order valence-electron chi connectivity index (χ3n) is 4.25. The van der Waals surface area contributed by atoms with Crippen molar-refractivity contribution in [1.29, 1.82) is 0 Å². The van der Waals surface area contributed by atoms with E-state index in [0.29, 0.717) is 6.61 Å². The predicted octanol–water partition coefficient (Wildman–Crippen LogP) is 4.22. The first-order chi connectivity index (χ1) is 9.72. The van der Waals surface area contributed by atoms with Crippen LogP contribution in [-0.4, -0.2) is 18.8 Å². The maximum atomic E-state index is 13.6. The van der Waals surface area contributed by atoms with Gasteiger partial charge < -0.3 is 10.1 Å². The molecule has 2 rings (SSSR count). The van der Waals surface area contributed by atoms with Crippen LogP contribution >= 0.6 is 0 Å². The molecule has 1 aromatic carbocycles. The Morgan fingerprint density at radius 3 is 2.60 bits per heavy atom. The minimum absolute atomic E-state index is 0.0726. The summed E-state index contributed by atoms with van der Waals surface area (Å²) in [5.41, 5.74) is 0.818. The third kappa shape index (κ3) is 3.39. The van der Waals surface area contributed by atoms with Gasteiger partial charge in [0.25, 0.3) is 0 Å². The van der Waals surface area contributed by atoms with Crippen molar-refractivity contribution in [2.75, 3.05) is 13.2 Å². The molecule has 1 atom stereocenters. The molecule has 1 fully saturated rings. The average Bonchev–Trinajstić information content (AvgIpc) is 2.46. The van der Waals surface area contributed by atoms with Crippen LogP contribution in [0.4, 0.5) is 4.39 Å². The maximum Gasteiger partial charge on any atom is 0.123 e. The van der Waals surface area contributed by atoms with E-state index in [1.807, 2.05) is 13.0 Å². The Balaban J connectivity index is 2.33. The van der Waals surface area contributed by atoms with Gasteiger partial charge in [0.1, 0.15) is 5.82 Å². The van der Waals surface area contributed by atoms with Gasteiger partial charge in [-0.2, -0.15) is 0 Å². The van der Waals surface area contributed by atoms with Gasteiger partial charge in [-0.1, -0.05) is 38.3 Å². The molecule has 1 saturated carbocycles. The highest BCUT2D eigenvalue weighted by atomic mass is 19.1. The molecule has 1 aliphatic rings. The van der Waals surface area contributed by atoms with Gasteiger partial charge in [-0.15, -0.1) is 0 Å². The second-order valence-corrected chi connectivity index (χ2v) is 5.60. The molecule has 2 nitrogen and oxygen atoms in total. The summed E-state index contributed by atoms with van der Waals surface area (Å²) in [5, 5.41) is 3.53. The maximum absolute atomic E-state index is 13.6. The average molecular weight is 279 g/mol. The molecule has 20 heavy (non-hydrogen) atoms. The zero-order valence-corrected chi connectivity index (χ0v) is 12.6. The van der Waals surface area contributed by atoms with E-state index in [9.17, 15) is 4.39 Å². The van der Waals surface area contributed by atoms with Crippen molar-refractivity contribution in [3.05, 3.63) is 35.6 Å². The Hall–Kier alpha value is -0.930. The summed E-state index contributed by atoms with van der Waals surface area (Å²) in [7, 11) is 0. The van der Waals surface area contributed by atoms with Crippen molar-refractivity contribution in [2.45, 2.75) is 57.6 Å². The van der Waals surface area contributed by atoms with Crippen LogP contribution in [0.2, 0.25) is 0 Å². The van der Waals surface area contributed by atoms with Crippen LogP contribution in [0, 0.1) is 5.82 Å². The quantitative estimate of drug-likeness (QED) is 0.842. The zero-order valence-electron chi connectivity index (χ0n) is 12.6. The van der Waals surface area contributed by atoms with Gasteiger partial charge >= 0.3 is 0 Å². The van der Waals surface area contributed by atoms with Gasteiger partial charge in [0.15, 0.2) is 0 Å². The Morgan fingerprint density at radius 1 is 1.25 bits per heavy atom. The van der Waals surface area contributed by atoms with Crippen LogP contribution in [0.1, 0.15) is 57.6 Å². The number of nitrogens with one attached hydrogen (secondary N) is 1. The Labute approximate surface area is 121 Å². The third-order valence-corrected chi connectivity index (χ3v) is 4.25. The van der Waals surface area contributed by atoms with E-state index in [-0.39, 0.29) is 17.5 Å². The number of likely N-dealkylation sites (N-methyl/N-ethyl adjacent to an activating group) is 1. The highest BCUT2D eigenvalue weighted by Gasteiger charge is 2.41. The Bertz CT molecular complexity index is 410. The van der Waals surface area contributed by atoms with Crippen LogP contribution in [-0.2, 0) is 4.74 Å². The molecule has 0 amide bonds. The standard InChI is InChI=1S/C17H26FNO/c1-3-19-16(14-9-8-10-15(18)13-14)17(20-4-2)11-6-5-7-12-17/h8-10,13,16,19H,3-7,11-12H2,1-2H3. The number of halogens is 1. The number of hydrogen-bond donors (Lipinski definition) is 1. The Morgan fingerprint density at radius 2 is 2.00 bits per heavy atom. The van der Waals surface area contributed by atoms with E-state index in [4.69, 9.17) is 4.74 Å². The zero-order chi connectivity index (χ0) is 14.4. The summed E-state index contributed by atoms with van der Waals surface area (Å²) >= 11 is 0. The molecule has 112 valence electrons. The largest absolute Gasteiger partial charge is 0.373 e. The van der Waals surface area contributed by atoms with Crippen molar-refractivity contribution in [3.63, 3.8) is 0 Å².